The highest BCUT2D eigenvalue weighted by atomic mass is 16.3. The van der Waals surface area contributed by atoms with Crippen molar-refractivity contribution in [1.82, 2.24) is 20.0 Å². The minimum absolute atomic E-state index is 0.00535. The topological polar surface area (TPSA) is 76.1 Å². The lowest BCUT2D eigenvalue weighted by atomic mass is 10.0. The molecule has 2 fully saturated rings. The Morgan fingerprint density at radius 1 is 1.07 bits per heavy atom. The van der Waals surface area contributed by atoms with Crippen LogP contribution in [0.1, 0.15) is 42.3 Å². The third-order valence-electron chi connectivity index (χ3n) is 6.53. The minimum Gasteiger partial charge on any atom is -0.396 e. The Hall–Kier alpha value is -2.12. The minimum atomic E-state index is -0.0801. The van der Waals surface area contributed by atoms with E-state index in [0.29, 0.717) is 26.2 Å². The summed E-state index contributed by atoms with van der Waals surface area (Å²) < 4.78 is 0. The second-order valence-corrected chi connectivity index (χ2v) is 8.20. The van der Waals surface area contributed by atoms with Gasteiger partial charge in [0.05, 0.1) is 18.7 Å². The van der Waals surface area contributed by atoms with Crippen LogP contribution in [-0.2, 0) is 4.79 Å². The number of aliphatic hydroxyl groups excluding tert-OH is 1. The fourth-order valence-electron chi connectivity index (χ4n) is 4.85. The molecule has 1 aromatic rings. The number of carbonyl (C=O) groups excluding carboxylic acids is 2. The van der Waals surface area contributed by atoms with Gasteiger partial charge in [0.2, 0.25) is 5.91 Å². The Balaban J connectivity index is 1.32. The predicted molar refractivity (Wildman–Crippen MR) is 106 cm³/mol. The van der Waals surface area contributed by atoms with Gasteiger partial charge in [0.1, 0.15) is 0 Å². The maximum atomic E-state index is 12.8. The van der Waals surface area contributed by atoms with E-state index in [0.717, 1.165) is 36.9 Å². The van der Waals surface area contributed by atoms with Crippen molar-refractivity contribution in [2.24, 2.45) is 0 Å². The van der Waals surface area contributed by atoms with Crippen molar-refractivity contribution >= 4 is 11.9 Å². The van der Waals surface area contributed by atoms with E-state index in [1.807, 2.05) is 36.2 Å². The molecule has 0 bridgehead atoms. The number of nitrogens with one attached hydrogen (secondary N) is 1. The largest absolute Gasteiger partial charge is 0.396 e. The Bertz CT molecular complexity index is 732. The fourth-order valence-corrected chi connectivity index (χ4v) is 4.85. The van der Waals surface area contributed by atoms with Gasteiger partial charge in [-0.3, -0.25) is 9.69 Å². The van der Waals surface area contributed by atoms with Gasteiger partial charge in [0, 0.05) is 32.1 Å². The van der Waals surface area contributed by atoms with E-state index in [1.165, 1.54) is 0 Å². The summed E-state index contributed by atoms with van der Waals surface area (Å²) in [5, 5.41) is 12.8. The monoisotopic (exact) mass is 386 g/mol. The number of carbonyl (C=O) groups is 2. The van der Waals surface area contributed by atoms with Crippen molar-refractivity contribution in [3.05, 3.63) is 35.4 Å². The Kier molecular flexibility index (Phi) is 5.55. The second-order valence-electron chi connectivity index (χ2n) is 8.20. The molecule has 28 heavy (non-hydrogen) atoms. The molecular weight excluding hydrogens is 356 g/mol. The number of urea groups is 1. The summed E-state index contributed by atoms with van der Waals surface area (Å²) in [4.78, 5) is 31.3. The third kappa shape index (κ3) is 3.61. The van der Waals surface area contributed by atoms with Crippen molar-refractivity contribution in [3.63, 3.8) is 0 Å². The van der Waals surface area contributed by atoms with Gasteiger partial charge >= 0.3 is 6.03 Å². The molecule has 1 aliphatic carbocycles. The second kappa shape index (κ2) is 8.09. The normalized spacial score (nSPS) is 27.7. The molecular formula is C21H30N4O3. The molecule has 0 spiro atoms. The average Bonchev–Trinajstić information content (AvgIpc) is 3.31. The number of amides is 3. The van der Waals surface area contributed by atoms with E-state index in [4.69, 9.17) is 0 Å². The van der Waals surface area contributed by atoms with E-state index in [9.17, 15) is 14.7 Å². The van der Waals surface area contributed by atoms with Gasteiger partial charge < -0.3 is 20.2 Å². The first kappa shape index (κ1) is 19.2. The number of hydrogen-bond acceptors (Lipinski definition) is 4. The number of fused-ring (bicyclic) bond motifs is 1. The first-order chi connectivity index (χ1) is 13.6. The fraction of sp³-hybridized carbons (Fsp3) is 0.619. The smallest absolute Gasteiger partial charge is 0.318 e. The molecule has 0 radical (unpaired) electrons. The van der Waals surface area contributed by atoms with Crippen LogP contribution in [0.4, 0.5) is 4.79 Å². The number of nitrogens with zero attached hydrogens (tertiary/aromatic N) is 3. The number of piperazine rings is 1. The Morgan fingerprint density at radius 3 is 2.39 bits per heavy atom. The van der Waals surface area contributed by atoms with Crippen LogP contribution < -0.4 is 5.32 Å². The van der Waals surface area contributed by atoms with Crippen LogP contribution in [0.3, 0.4) is 0 Å². The van der Waals surface area contributed by atoms with E-state index >= 15 is 0 Å². The van der Waals surface area contributed by atoms with Crippen molar-refractivity contribution in [3.8, 4) is 0 Å². The van der Waals surface area contributed by atoms with Crippen LogP contribution >= 0.6 is 0 Å². The van der Waals surface area contributed by atoms with E-state index in [-0.39, 0.29) is 36.5 Å². The zero-order valence-corrected chi connectivity index (χ0v) is 16.5. The van der Waals surface area contributed by atoms with Crippen molar-refractivity contribution in [2.45, 2.75) is 37.3 Å². The van der Waals surface area contributed by atoms with Gasteiger partial charge in [0.25, 0.3) is 0 Å². The maximum Gasteiger partial charge on any atom is 0.318 e. The Morgan fingerprint density at radius 2 is 1.75 bits per heavy atom. The molecule has 0 aromatic heterocycles. The molecule has 2 heterocycles. The number of likely N-dealkylation sites (N-methyl/N-ethyl adjacent to an activating group) is 1. The average molecular weight is 386 g/mol. The summed E-state index contributed by atoms with van der Waals surface area (Å²) in [6, 6.07) is 7.88. The van der Waals surface area contributed by atoms with Crippen LogP contribution in [0.5, 0.6) is 0 Å². The quantitative estimate of drug-likeness (QED) is 0.817. The summed E-state index contributed by atoms with van der Waals surface area (Å²) in [6.45, 7) is 3.39. The highest BCUT2D eigenvalue weighted by Crippen LogP contribution is 2.39. The lowest BCUT2D eigenvalue weighted by molar-refractivity contribution is -0.137. The van der Waals surface area contributed by atoms with Gasteiger partial charge in [-0.1, -0.05) is 24.3 Å². The van der Waals surface area contributed by atoms with Crippen molar-refractivity contribution < 1.29 is 14.7 Å². The van der Waals surface area contributed by atoms with Crippen LogP contribution in [0, 0.1) is 0 Å². The molecule has 1 aromatic carbocycles. The molecule has 2 N–H and O–H groups in total. The van der Waals surface area contributed by atoms with Gasteiger partial charge in [-0.25, -0.2) is 4.79 Å². The van der Waals surface area contributed by atoms with Gasteiger partial charge in [-0.15, -0.1) is 0 Å². The molecule has 152 valence electrons. The van der Waals surface area contributed by atoms with Crippen LogP contribution in [0.25, 0.3) is 0 Å². The molecule has 1 unspecified atom stereocenters. The molecule has 3 atom stereocenters. The van der Waals surface area contributed by atoms with Gasteiger partial charge in [0.15, 0.2) is 0 Å². The summed E-state index contributed by atoms with van der Waals surface area (Å²) >= 11 is 0. The molecule has 2 aliphatic heterocycles. The first-order valence-electron chi connectivity index (χ1n) is 10.3. The van der Waals surface area contributed by atoms with E-state index < -0.39 is 0 Å². The zero-order valence-electron chi connectivity index (χ0n) is 16.5. The lowest BCUT2D eigenvalue weighted by Gasteiger charge is -2.37. The third-order valence-corrected chi connectivity index (χ3v) is 6.53. The number of likely N-dealkylation sites (tertiary alicyclic amines) is 1. The van der Waals surface area contributed by atoms with Crippen LogP contribution in [0.15, 0.2) is 24.3 Å². The zero-order chi connectivity index (χ0) is 19.7. The van der Waals surface area contributed by atoms with Gasteiger partial charge in [-0.2, -0.15) is 0 Å². The molecule has 7 nitrogen and oxygen atoms in total. The molecule has 2 saturated heterocycles. The molecule has 7 heteroatoms. The standard InChI is InChI=1S/C21H30N4O3/c1-23-8-4-7-19(23)20(27)24-9-11-25(12-10-24)21(28)22-18-13-15(14-26)16-5-2-3-6-17(16)18/h2-3,5-6,15,18-19,26H,4,7-14H2,1H3,(H,22,28)/t15-,18-,19?/m1/s1. The number of hydrogen-bond donors (Lipinski definition) is 2. The maximum absolute atomic E-state index is 12.8. The highest BCUT2D eigenvalue weighted by Gasteiger charge is 2.35. The van der Waals surface area contributed by atoms with Gasteiger partial charge in [-0.05, 0) is 44.0 Å². The SMILES string of the molecule is CN1CCCC1C(=O)N1CCN(C(=O)N[C@@H]2C[C@H](CO)c3ccccc32)CC1. The summed E-state index contributed by atoms with van der Waals surface area (Å²) in [5.74, 6) is 0.287. The summed E-state index contributed by atoms with van der Waals surface area (Å²) in [6.07, 6.45) is 2.74. The highest BCUT2D eigenvalue weighted by molar-refractivity contribution is 5.82. The van der Waals surface area contributed by atoms with E-state index in [2.05, 4.69) is 10.2 Å². The Labute approximate surface area is 166 Å². The number of benzene rings is 1. The van der Waals surface area contributed by atoms with Crippen LogP contribution in [0.2, 0.25) is 0 Å². The molecule has 3 aliphatic rings. The van der Waals surface area contributed by atoms with Crippen molar-refractivity contribution in [1.29, 1.82) is 0 Å². The number of rotatable bonds is 3. The predicted octanol–water partition coefficient (Wildman–Crippen LogP) is 1.16. The molecule has 0 saturated carbocycles. The summed E-state index contributed by atoms with van der Waals surface area (Å²) in [7, 11) is 2.01. The summed E-state index contributed by atoms with van der Waals surface area (Å²) in [5.41, 5.74) is 2.24. The van der Waals surface area contributed by atoms with Crippen LogP contribution in [-0.4, -0.2) is 84.2 Å². The molecule has 3 amide bonds. The first-order valence-corrected chi connectivity index (χ1v) is 10.3. The number of aliphatic hydroxyl groups is 1. The molecule has 4 rings (SSSR count). The lowest BCUT2D eigenvalue weighted by Crippen LogP contribution is -2.56. The van der Waals surface area contributed by atoms with Crippen molar-refractivity contribution in [2.75, 3.05) is 46.4 Å². The van der Waals surface area contributed by atoms with E-state index in [1.54, 1.807) is 4.90 Å².